The van der Waals surface area contributed by atoms with Gasteiger partial charge in [-0.2, -0.15) is 13.2 Å². The van der Waals surface area contributed by atoms with Crippen LogP contribution in [-0.4, -0.2) is 35.8 Å². The number of nitrogens with two attached hydrogens (primary N) is 1. The van der Waals surface area contributed by atoms with Gasteiger partial charge in [0.25, 0.3) is 0 Å². The molecular weight excluding hydrogens is 383 g/mol. The Morgan fingerprint density at radius 3 is 2.52 bits per heavy atom. The Morgan fingerprint density at radius 1 is 1.26 bits per heavy atom. The highest BCUT2D eigenvalue weighted by molar-refractivity contribution is 5.95. The third kappa shape index (κ3) is 6.39. The molecule has 27 heavy (non-hydrogen) atoms. The summed E-state index contributed by atoms with van der Waals surface area (Å²) in [7, 11) is 0. The lowest BCUT2D eigenvalue weighted by atomic mass is 9.85. The van der Waals surface area contributed by atoms with Gasteiger partial charge >= 0.3 is 6.18 Å². The smallest absolute Gasteiger partial charge is 0.333 e. The molecular formula is C18H25ClF3N3O2. The van der Waals surface area contributed by atoms with E-state index in [1.807, 2.05) is 0 Å². The van der Waals surface area contributed by atoms with Crippen molar-refractivity contribution in [1.29, 1.82) is 0 Å². The summed E-state index contributed by atoms with van der Waals surface area (Å²) in [6, 6.07) is 4.74. The molecule has 1 aromatic carbocycles. The first kappa shape index (κ1) is 23.2. The van der Waals surface area contributed by atoms with Crippen molar-refractivity contribution in [2.45, 2.75) is 44.8 Å². The Hall–Kier alpha value is -1.80. The highest BCUT2D eigenvalue weighted by atomic mass is 35.5. The fraction of sp³-hybridized carbons (Fsp3) is 0.556. The van der Waals surface area contributed by atoms with Gasteiger partial charge in [0.15, 0.2) is 0 Å². The number of halogens is 4. The van der Waals surface area contributed by atoms with Crippen LogP contribution in [0.3, 0.4) is 0 Å². The van der Waals surface area contributed by atoms with Crippen LogP contribution in [0.15, 0.2) is 24.3 Å². The van der Waals surface area contributed by atoms with Crippen molar-refractivity contribution < 1.29 is 22.8 Å². The molecule has 3 N–H and O–H groups in total. The number of carbonyl (C=O) groups excluding carboxylic acids is 2. The van der Waals surface area contributed by atoms with Crippen molar-refractivity contribution in [1.82, 2.24) is 4.90 Å². The first-order chi connectivity index (χ1) is 12.2. The van der Waals surface area contributed by atoms with Crippen molar-refractivity contribution in [3.63, 3.8) is 0 Å². The molecule has 2 amide bonds. The van der Waals surface area contributed by atoms with E-state index in [-0.39, 0.29) is 42.5 Å². The van der Waals surface area contributed by atoms with Gasteiger partial charge in [-0.1, -0.05) is 18.6 Å². The molecule has 0 aliphatic heterocycles. The van der Waals surface area contributed by atoms with Gasteiger partial charge in [0.05, 0.1) is 17.8 Å². The number of benzene rings is 1. The van der Waals surface area contributed by atoms with Gasteiger partial charge in [-0.25, -0.2) is 0 Å². The molecule has 0 saturated heterocycles. The second-order valence-corrected chi connectivity index (χ2v) is 6.57. The average Bonchev–Trinajstić information content (AvgIpc) is 2.58. The number of nitrogens with one attached hydrogen (secondary N) is 1. The number of carbonyl (C=O) groups is 2. The number of hydrogen-bond donors (Lipinski definition) is 2. The van der Waals surface area contributed by atoms with E-state index in [0.717, 1.165) is 25.3 Å². The van der Waals surface area contributed by atoms with Crippen LogP contribution >= 0.6 is 12.4 Å². The summed E-state index contributed by atoms with van der Waals surface area (Å²) in [6.45, 7) is 1.75. The molecule has 5 nitrogen and oxygen atoms in total. The minimum Gasteiger partial charge on any atom is -0.333 e. The van der Waals surface area contributed by atoms with Gasteiger partial charge in [-0.05, 0) is 38.3 Å². The fourth-order valence-electron chi connectivity index (χ4n) is 3.26. The number of hydrogen-bond acceptors (Lipinski definition) is 3. The highest BCUT2D eigenvalue weighted by Crippen LogP contribution is 2.34. The summed E-state index contributed by atoms with van der Waals surface area (Å²) >= 11 is 0. The molecule has 0 aromatic heterocycles. The van der Waals surface area contributed by atoms with E-state index < -0.39 is 17.6 Å². The third-order valence-corrected chi connectivity index (χ3v) is 4.60. The van der Waals surface area contributed by atoms with E-state index in [4.69, 9.17) is 5.73 Å². The fourth-order valence-corrected chi connectivity index (χ4v) is 3.26. The van der Waals surface area contributed by atoms with E-state index in [9.17, 15) is 22.8 Å². The zero-order valence-corrected chi connectivity index (χ0v) is 15.9. The third-order valence-electron chi connectivity index (χ3n) is 4.60. The SMILES string of the molecule is CCN(CC(=O)Nc1ccccc1C(F)(F)F)C(=O)C1CCCC(N)C1.Cl. The highest BCUT2D eigenvalue weighted by Gasteiger charge is 2.34. The number of rotatable bonds is 5. The topological polar surface area (TPSA) is 75.4 Å². The largest absolute Gasteiger partial charge is 0.418 e. The lowest BCUT2D eigenvalue weighted by Gasteiger charge is -2.30. The Balaban J connectivity index is 0.00000364. The van der Waals surface area contributed by atoms with Crippen LogP contribution in [0, 0.1) is 5.92 Å². The van der Waals surface area contributed by atoms with Crippen LogP contribution in [0.1, 0.15) is 38.2 Å². The lowest BCUT2D eigenvalue weighted by molar-refractivity contribution is -0.139. The number of amides is 2. The van der Waals surface area contributed by atoms with Crippen molar-refractivity contribution in [2.75, 3.05) is 18.4 Å². The van der Waals surface area contributed by atoms with Gasteiger partial charge in [-0.15, -0.1) is 12.4 Å². The summed E-state index contributed by atoms with van der Waals surface area (Å²) in [5, 5.41) is 2.27. The summed E-state index contributed by atoms with van der Waals surface area (Å²) in [6.07, 6.45) is -1.53. The molecule has 2 unspecified atom stereocenters. The van der Waals surface area contributed by atoms with Crippen LogP contribution in [0.4, 0.5) is 18.9 Å². The molecule has 0 spiro atoms. The molecule has 1 aliphatic carbocycles. The van der Waals surface area contributed by atoms with Gasteiger partial charge in [0, 0.05) is 18.5 Å². The monoisotopic (exact) mass is 407 g/mol. The zero-order valence-electron chi connectivity index (χ0n) is 15.1. The molecule has 9 heteroatoms. The second kappa shape index (κ2) is 9.94. The van der Waals surface area contributed by atoms with Gasteiger partial charge in [-0.3, -0.25) is 9.59 Å². The molecule has 0 heterocycles. The van der Waals surface area contributed by atoms with Gasteiger partial charge < -0.3 is 16.0 Å². The van der Waals surface area contributed by atoms with Crippen molar-refractivity contribution in [3.8, 4) is 0 Å². The van der Waals surface area contributed by atoms with Crippen molar-refractivity contribution in [3.05, 3.63) is 29.8 Å². The number of alkyl halides is 3. The maximum atomic E-state index is 13.0. The van der Waals surface area contributed by atoms with E-state index in [1.165, 1.54) is 23.1 Å². The normalized spacial score (nSPS) is 19.7. The van der Waals surface area contributed by atoms with Crippen LogP contribution < -0.4 is 11.1 Å². The minimum absolute atomic E-state index is 0. The Kier molecular flexibility index (Phi) is 8.56. The molecule has 2 rings (SSSR count). The van der Waals surface area contributed by atoms with Crippen LogP contribution in [0.25, 0.3) is 0 Å². The average molecular weight is 408 g/mol. The van der Waals surface area contributed by atoms with E-state index in [1.54, 1.807) is 6.92 Å². The predicted molar refractivity (Wildman–Crippen MR) is 99.5 cm³/mol. The summed E-state index contributed by atoms with van der Waals surface area (Å²) in [4.78, 5) is 26.2. The standard InChI is InChI=1S/C18H24F3N3O2.ClH/c1-2-24(17(26)12-6-5-7-13(22)10-12)11-16(25)23-15-9-4-3-8-14(15)18(19,20)21;/h3-4,8-9,12-13H,2,5-7,10-11,22H2,1H3,(H,23,25);1H. The number of likely N-dealkylation sites (N-methyl/N-ethyl adjacent to an activating group) is 1. The molecule has 1 aliphatic rings. The Labute approximate surface area is 162 Å². The summed E-state index contributed by atoms with van der Waals surface area (Å²) in [5.41, 5.74) is 4.68. The van der Waals surface area contributed by atoms with Gasteiger partial charge in [0.1, 0.15) is 0 Å². The van der Waals surface area contributed by atoms with E-state index in [2.05, 4.69) is 5.32 Å². The first-order valence-electron chi connectivity index (χ1n) is 8.72. The van der Waals surface area contributed by atoms with Crippen LogP contribution in [0.2, 0.25) is 0 Å². The summed E-state index contributed by atoms with van der Waals surface area (Å²) < 4.78 is 39.0. The second-order valence-electron chi connectivity index (χ2n) is 6.57. The van der Waals surface area contributed by atoms with E-state index in [0.29, 0.717) is 13.0 Å². The van der Waals surface area contributed by atoms with Crippen molar-refractivity contribution >= 4 is 29.9 Å². The quantitative estimate of drug-likeness (QED) is 0.785. The van der Waals surface area contributed by atoms with Gasteiger partial charge in [0.2, 0.25) is 11.8 Å². The molecule has 1 fully saturated rings. The van der Waals surface area contributed by atoms with Crippen LogP contribution in [0.5, 0.6) is 0 Å². The Bertz CT molecular complexity index is 655. The predicted octanol–water partition coefficient (Wildman–Crippen LogP) is 3.43. The van der Waals surface area contributed by atoms with Crippen molar-refractivity contribution in [2.24, 2.45) is 11.7 Å². The number of nitrogens with zero attached hydrogens (tertiary/aromatic N) is 1. The molecule has 0 radical (unpaired) electrons. The number of para-hydroxylation sites is 1. The molecule has 152 valence electrons. The Morgan fingerprint density at radius 2 is 1.93 bits per heavy atom. The lowest BCUT2D eigenvalue weighted by Crippen LogP contribution is -2.44. The maximum absolute atomic E-state index is 13.0. The molecule has 1 saturated carbocycles. The minimum atomic E-state index is -4.57. The zero-order chi connectivity index (χ0) is 19.3. The molecule has 1 aromatic rings. The number of anilines is 1. The first-order valence-corrected chi connectivity index (χ1v) is 8.72. The summed E-state index contributed by atoms with van der Waals surface area (Å²) in [5.74, 6) is -1.05. The molecule has 0 bridgehead atoms. The van der Waals surface area contributed by atoms with E-state index >= 15 is 0 Å². The molecule has 2 atom stereocenters. The maximum Gasteiger partial charge on any atom is 0.418 e. The van der Waals surface area contributed by atoms with Crippen LogP contribution in [-0.2, 0) is 15.8 Å².